The third-order valence-corrected chi connectivity index (χ3v) is 3.50. The van der Waals surface area contributed by atoms with Gasteiger partial charge in [0.25, 0.3) is 5.91 Å². The molecule has 1 N–H and O–H groups in total. The van der Waals surface area contributed by atoms with E-state index in [9.17, 15) is 9.59 Å². The first-order valence-corrected chi connectivity index (χ1v) is 6.27. The number of carbonyl (C=O) groups is 2. The minimum Gasteiger partial charge on any atom is -0.483 e. The lowest BCUT2D eigenvalue weighted by atomic mass is 10.4. The van der Waals surface area contributed by atoms with Gasteiger partial charge in [0.05, 0.1) is 0 Å². The van der Waals surface area contributed by atoms with Gasteiger partial charge in [-0.3, -0.25) is 4.79 Å². The molecule has 6 heteroatoms. The van der Waals surface area contributed by atoms with E-state index in [-0.39, 0.29) is 17.4 Å². The highest BCUT2D eigenvalue weighted by Gasteiger charge is 2.18. The average Bonchev–Trinajstić information content (AvgIpc) is 2.97. The molecule has 0 aromatic carbocycles. The third kappa shape index (κ3) is 2.97. The van der Waals surface area contributed by atoms with E-state index in [1.165, 1.54) is 6.07 Å². The Bertz CT molecular complexity index is 423. The van der Waals surface area contributed by atoms with E-state index in [1.54, 1.807) is 10.3 Å². The van der Waals surface area contributed by atoms with E-state index in [0.29, 0.717) is 5.75 Å². The number of nitrogens with zero attached hydrogens (tertiary/aromatic N) is 1. The summed E-state index contributed by atoms with van der Waals surface area (Å²) in [6.45, 7) is 1.58. The maximum atomic E-state index is 11.6. The Morgan fingerprint density at radius 2 is 2.12 bits per heavy atom. The van der Waals surface area contributed by atoms with E-state index in [2.05, 4.69) is 0 Å². The lowest BCUT2D eigenvalue weighted by molar-refractivity contribution is -0.132. The number of carbonyl (C=O) groups excluding carboxylic acids is 1. The zero-order valence-corrected chi connectivity index (χ0v) is 10.0. The van der Waals surface area contributed by atoms with Gasteiger partial charge in [-0.1, -0.05) is 0 Å². The van der Waals surface area contributed by atoms with E-state index in [0.717, 1.165) is 37.3 Å². The van der Waals surface area contributed by atoms with E-state index in [1.807, 2.05) is 0 Å². The van der Waals surface area contributed by atoms with Crippen LogP contribution >= 0.6 is 11.3 Å². The van der Waals surface area contributed by atoms with Gasteiger partial charge in [0.2, 0.25) is 0 Å². The van der Waals surface area contributed by atoms with Gasteiger partial charge in [-0.25, -0.2) is 4.79 Å². The molecule has 1 aliphatic rings. The van der Waals surface area contributed by atoms with Crippen LogP contribution < -0.4 is 4.74 Å². The second-order valence-corrected chi connectivity index (χ2v) is 4.74. The number of carboxylic acid groups (broad SMARTS) is 1. The summed E-state index contributed by atoms with van der Waals surface area (Å²) in [6, 6.07) is 1.43. The summed E-state index contributed by atoms with van der Waals surface area (Å²) in [5.41, 5.74) is 0. The van der Waals surface area contributed by atoms with Crippen molar-refractivity contribution in [2.24, 2.45) is 0 Å². The lowest BCUT2D eigenvalue weighted by Gasteiger charge is -2.14. The Morgan fingerprint density at radius 3 is 2.71 bits per heavy atom. The predicted molar refractivity (Wildman–Crippen MR) is 62.6 cm³/mol. The van der Waals surface area contributed by atoms with Crippen molar-refractivity contribution in [3.8, 4) is 5.75 Å². The smallest absolute Gasteiger partial charge is 0.346 e. The second kappa shape index (κ2) is 5.18. The van der Waals surface area contributed by atoms with E-state index in [4.69, 9.17) is 9.84 Å². The fourth-order valence-electron chi connectivity index (χ4n) is 1.71. The van der Waals surface area contributed by atoms with Crippen molar-refractivity contribution >= 4 is 23.2 Å². The Hall–Kier alpha value is -1.56. The Kier molecular flexibility index (Phi) is 3.63. The fraction of sp³-hybridized carbons (Fsp3) is 0.455. The van der Waals surface area contributed by atoms with Gasteiger partial charge < -0.3 is 14.7 Å². The number of carboxylic acids is 1. The van der Waals surface area contributed by atoms with Crippen LogP contribution in [0.5, 0.6) is 5.75 Å². The van der Waals surface area contributed by atoms with Gasteiger partial charge in [0, 0.05) is 24.5 Å². The molecular formula is C11H13NO4S. The molecule has 5 nitrogen and oxygen atoms in total. The Balaban J connectivity index is 1.84. The molecule has 1 aliphatic heterocycles. The van der Waals surface area contributed by atoms with Crippen molar-refractivity contribution in [3.63, 3.8) is 0 Å². The van der Waals surface area contributed by atoms with Crippen LogP contribution in [0.4, 0.5) is 0 Å². The van der Waals surface area contributed by atoms with Crippen molar-refractivity contribution in [3.05, 3.63) is 16.3 Å². The molecule has 17 heavy (non-hydrogen) atoms. The molecule has 0 bridgehead atoms. The first-order chi connectivity index (χ1) is 8.16. The number of rotatable bonds is 4. The molecular weight excluding hydrogens is 242 g/mol. The number of hydrogen-bond acceptors (Lipinski definition) is 4. The monoisotopic (exact) mass is 255 g/mol. The molecule has 0 atom stereocenters. The van der Waals surface area contributed by atoms with Gasteiger partial charge in [-0.2, -0.15) is 0 Å². The average molecular weight is 255 g/mol. The zero-order chi connectivity index (χ0) is 12.3. The molecule has 1 amide bonds. The van der Waals surface area contributed by atoms with Crippen LogP contribution in [0, 0.1) is 0 Å². The second-order valence-electron chi connectivity index (χ2n) is 3.83. The summed E-state index contributed by atoms with van der Waals surface area (Å²) < 4.78 is 5.27. The minimum absolute atomic E-state index is 0.0181. The largest absolute Gasteiger partial charge is 0.483 e. The molecule has 0 aliphatic carbocycles. The topological polar surface area (TPSA) is 66.8 Å². The number of aromatic carboxylic acids is 1. The van der Waals surface area contributed by atoms with Crippen LogP contribution in [-0.2, 0) is 4.79 Å². The molecule has 1 fully saturated rings. The molecule has 0 unspecified atom stereocenters. The van der Waals surface area contributed by atoms with Gasteiger partial charge in [0.1, 0.15) is 10.6 Å². The lowest BCUT2D eigenvalue weighted by Crippen LogP contribution is -2.32. The highest BCUT2D eigenvalue weighted by atomic mass is 32.1. The summed E-state index contributed by atoms with van der Waals surface area (Å²) in [5, 5.41) is 10.3. The van der Waals surface area contributed by atoms with Gasteiger partial charge in [-0.15, -0.1) is 11.3 Å². The molecule has 92 valence electrons. The third-order valence-electron chi connectivity index (χ3n) is 2.61. The van der Waals surface area contributed by atoms with Crippen molar-refractivity contribution in [2.75, 3.05) is 19.7 Å². The molecule has 2 rings (SSSR count). The van der Waals surface area contributed by atoms with Crippen LogP contribution in [0.3, 0.4) is 0 Å². The predicted octanol–water partition coefficient (Wildman–Crippen LogP) is 1.45. The number of amides is 1. The van der Waals surface area contributed by atoms with Crippen molar-refractivity contribution in [1.82, 2.24) is 4.90 Å². The van der Waals surface area contributed by atoms with Crippen LogP contribution in [0.2, 0.25) is 0 Å². The molecule has 1 aromatic heterocycles. The highest BCUT2D eigenvalue weighted by Crippen LogP contribution is 2.21. The number of likely N-dealkylation sites (tertiary alicyclic amines) is 1. The Morgan fingerprint density at radius 1 is 1.41 bits per heavy atom. The van der Waals surface area contributed by atoms with Crippen LogP contribution in [-0.4, -0.2) is 41.6 Å². The minimum atomic E-state index is -0.976. The normalized spacial score (nSPS) is 14.9. The van der Waals surface area contributed by atoms with E-state index < -0.39 is 5.97 Å². The van der Waals surface area contributed by atoms with Gasteiger partial charge >= 0.3 is 5.97 Å². The molecule has 0 saturated carbocycles. The van der Waals surface area contributed by atoms with Gasteiger partial charge in [-0.05, 0) is 12.8 Å². The standard InChI is InChI=1S/C11H13NO4S/c13-10(12-3-1-2-4-12)6-16-8-5-9(11(14)15)17-7-8/h5,7H,1-4,6H2,(H,14,15). The maximum Gasteiger partial charge on any atom is 0.346 e. The van der Waals surface area contributed by atoms with E-state index >= 15 is 0 Å². The number of thiophene rings is 1. The van der Waals surface area contributed by atoms with Crippen molar-refractivity contribution in [2.45, 2.75) is 12.8 Å². The van der Waals surface area contributed by atoms with Crippen LogP contribution in [0.15, 0.2) is 11.4 Å². The van der Waals surface area contributed by atoms with Gasteiger partial charge in [0.15, 0.2) is 6.61 Å². The quantitative estimate of drug-likeness (QED) is 0.884. The van der Waals surface area contributed by atoms with Crippen LogP contribution in [0.25, 0.3) is 0 Å². The Labute approximate surface area is 103 Å². The number of hydrogen-bond donors (Lipinski definition) is 1. The fourth-order valence-corrected chi connectivity index (χ4v) is 2.37. The molecule has 0 spiro atoms. The van der Waals surface area contributed by atoms with Crippen molar-refractivity contribution in [1.29, 1.82) is 0 Å². The summed E-state index contributed by atoms with van der Waals surface area (Å²) in [4.78, 5) is 24.3. The summed E-state index contributed by atoms with van der Waals surface area (Å²) in [6.07, 6.45) is 2.10. The first kappa shape index (κ1) is 11.9. The maximum absolute atomic E-state index is 11.6. The zero-order valence-electron chi connectivity index (χ0n) is 9.22. The SMILES string of the molecule is O=C(O)c1cc(OCC(=O)N2CCCC2)cs1. The van der Waals surface area contributed by atoms with Crippen LogP contribution in [0.1, 0.15) is 22.5 Å². The molecule has 0 radical (unpaired) electrons. The summed E-state index contributed by atoms with van der Waals surface area (Å²) in [7, 11) is 0. The number of ether oxygens (including phenoxy) is 1. The molecule has 2 heterocycles. The van der Waals surface area contributed by atoms with Crippen molar-refractivity contribution < 1.29 is 19.4 Å². The molecule has 1 saturated heterocycles. The molecule has 1 aromatic rings. The first-order valence-electron chi connectivity index (χ1n) is 5.39. The summed E-state index contributed by atoms with van der Waals surface area (Å²) in [5.74, 6) is -0.568. The highest BCUT2D eigenvalue weighted by molar-refractivity contribution is 7.12. The summed E-state index contributed by atoms with van der Waals surface area (Å²) >= 11 is 1.09.